The number of esters is 1. The summed E-state index contributed by atoms with van der Waals surface area (Å²) in [5.41, 5.74) is 7.36. The molecule has 4 atom stereocenters. The first-order chi connectivity index (χ1) is 39.7. The van der Waals surface area contributed by atoms with Gasteiger partial charge in [-0.25, -0.2) is 22.9 Å². The van der Waals surface area contributed by atoms with Crippen LogP contribution in [0.5, 0.6) is 11.8 Å². The average molecular weight is 1170 g/mol. The molecule has 0 radical (unpaired) electrons. The van der Waals surface area contributed by atoms with Crippen molar-refractivity contribution in [3.8, 4) is 40.3 Å². The van der Waals surface area contributed by atoms with Crippen LogP contribution in [-0.4, -0.2) is 123 Å². The molecule has 4 aromatic heterocycles. The number of cyclic esters (lactones) is 1. The number of carbonyl (C=O) groups is 2. The van der Waals surface area contributed by atoms with Crippen molar-refractivity contribution in [2.75, 3.05) is 63.6 Å². The number of carbonyl (C=O) groups excluding carboxylic acids is 2. The number of amides is 1. The van der Waals surface area contributed by atoms with Gasteiger partial charge in [-0.2, -0.15) is 15.2 Å². The monoisotopic (exact) mass is 1170 g/mol. The molecule has 4 N–H and O–H groups in total. The number of nitrogens with two attached hydrogens (primary N) is 1. The summed E-state index contributed by atoms with van der Waals surface area (Å²) in [5, 5.41) is 26.1. The van der Waals surface area contributed by atoms with E-state index in [1.54, 1.807) is 34.6 Å². The highest BCUT2D eigenvalue weighted by Crippen LogP contribution is 2.47. The number of benzene rings is 3. The Morgan fingerprint density at radius 2 is 1.88 bits per heavy atom. The number of aryl methyl sites for hydroxylation is 1. The van der Waals surface area contributed by atoms with E-state index < -0.39 is 41.0 Å². The van der Waals surface area contributed by atoms with E-state index in [9.17, 15) is 29.1 Å². The maximum absolute atomic E-state index is 17.7. The Bertz CT molecular complexity index is 4040. The van der Waals surface area contributed by atoms with E-state index in [-0.39, 0.29) is 141 Å². The third kappa shape index (κ3) is 9.32. The molecule has 0 bridgehead atoms. The number of ether oxygens (including phenoxy) is 3. The fourth-order valence-corrected chi connectivity index (χ4v) is 14.2. The van der Waals surface area contributed by atoms with E-state index >= 15 is 8.78 Å². The molecule has 5 aliphatic rings. The summed E-state index contributed by atoms with van der Waals surface area (Å²) in [4.78, 5) is 62.2. The molecule has 0 aliphatic carbocycles. The number of pyridine rings is 2. The number of aliphatic hydroxyl groups is 1. The van der Waals surface area contributed by atoms with Gasteiger partial charge in [-0.05, 0) is 114 Å². The zero-order chi connectivity index (χ0) is 58.6. The quantitative estimate of drug-likeness (QED) is 0.0684. The SMILES string of the molecule is CCc1c2c(nc3ccc(OC/C(=C/CC(C)(C)NC)C(=O)N4CCN(c5nc(OC[C@@]67CCCN6C[C@H](F)C7)nc6c(F)c(-c7ccc(F)c8sc(N)c(C#N)c78)c(Cl)cc56)[C@@H](C)C4)cc13)-c1cc3c(c(=O)n1C2)COC(=O)[C@]3(O)CC. The van der Waals surface area contributed by atoms with Crippen molar-refractivity contribution in [3.05, 3.63) is 109 Å². The van der Waals surface area contributed by atoms with E-state index in [4.69, 9.17) is 41.5 Å². The number of nitrogen functional groups attached to an aromatic ring is 1. The molecule has 3 aromatic carbocycles. The van der Waals surface area contributed by atoms with Crippen LogP contribution in [0.25, 0.3) is 54.4 Å². The standard InChI is InChI=1S/C61H62ClF3N10O7S/c1-7-35-37-20-34(10-13-45(37)69-50-40(35)27-75-46(50)22-42-41(56(75)77)29-81-57(78)61(42,79)8-2)80-28-32(14-16-59(4,5)68-6)55(76)72-18-19-74(31(3)25-72)54-38-21-43(62)48(36-11-12-44(64)52-47(36)39(24-66)53(67)83-52)49(65)51(38)70-58(71-54)82-30-60-15-9-17-73(60)26-33(63)23-60/h10-14,20-22,31,33,68,79H,7-9,15-19,23,25-30,67H2,1-6H3/b32-14-/t31-,33+,60-,61-/m0/s1. The number of hydrogen-bond donors (Lipinski definition) is 3. The van der Waals surface area contributed by atoms with Crippen LogP contribution in [0.3, 0.4) is 0 Å². The van der Waals surface area contributed by atoms with Crippen molar-refractivity contribution in [1.29, 1.82) is 5.26 Å². The Labute approximate surface area is 485 Å². The van der Waals surface area contributed by atoms with Gasteiger partial charge in [-0.1, -0.05) is 37.6 Å². The Morgan fingerprint density at radius 3 is 2.63 bits per heavy atom. The second kappa shape index (κ2) is 21.1. The summed E-state index contributed by atoms with van der Waals surface area (Å²) in [6.07, 6.45) is 3.88. The van der Waals surface area contributed by atoms with Gasteiger partial charge in [0, 0.05) is 77.0 Å². The van der Waals surface area contributed by atoms with E-state index in [0.717, 1.165) is 40.8 Å². The van der Waals surface area contributed by atoms with E-state index in [0.29, 0.717) is 59.9 Å². The predicted octanol–water partition coefficient (Wildman–Crippen LogP) is 9.24. The molecule has 83 heavy (non-hydrogen) atoms. The second-order valence-corrected chi connectivity index (χ2v) is 24.6. The summed E-state index contributed by atoms with van der Waals surface area (Å²) in [6, 6.07) is 12.8. The van der Waals surface area contributed by atoms with Gasteiger partial charge < -0.3 is 44.7 Å². The Hall–Kier alpha value is -7.35. The molecule has 12 rings (SSSR count). The highest BCUT2D eigenvalue weighted by molar-refractivity contribution is 7.23. The Balaban J connectivity index is 0.842. The molecule has 1 amide bonds. The Morgan fingerprint density at radius 1 is 1.07 bits per heavy atom. The maximum Gasteiger partial charge on any atom is 0.343 e. The molecule has 17 nitrogen and oxygen atoms in total. The van der Waals surface area contributed by atoms with Gasteiger partial charge in [0.25, 0.3) is 11.5 Å². The van der Waals surface area contributed by atoms with Gasteiger partial charge in [-0.15, -0.1) is 11.3 Å². The number of halogens is 4. The van der Waals surface area contributed by atoms with Crippen LogP contribution in [0.15, 0.2) is 58.9 Å². The summed E-state index contributed by atoms with van der Waals surface area (Å²) in [7, 11) is 1.86. The topological polar surface area (TPSA) is 214 Å². The fraction of sp³-hybridized carbons (Fsp3) is 0.426. The van der Waals surface area contributed by atoms with Crippen LogP contribution in [0, 0.1) is 23.0 Å². The summed E-state index contributed by atoms with van der Waals surface area (Å²) in [6.45, 7) is 11.5. The number of nitrogens with one attached hydrogen (secondary N) is 1. The smallest absolute Gasteiger partial charge is 0.343 e. The first kappa shape index (κ1) is 56.1. The zero-order valence-corrected chi connectivity index (χ0v) is 48.4. The summed E-state index contributed by atoms with van der Waals surface area (Å²) < 4.78 is 67.8. The summed E-state index contributed by atoms with van der Waals surface area (Å²) >= 11 is 7.95. The number of piperazine rings is 1. The van der Waals surface area contributed by atoms with E-state index in [1.807, 2.05) is 63.9 Å². The van der Waals surface area contributed by atoms with Crippen LogP contribution >= 0.6 is 22.9 Å². The molecule has 0 spiro atoms. The van der Waals surface area contributed by atoms with Gasteiger partial charge in [0.05, 0.1) is 55.4 Å². The molecule has 22 heteroatoms. The minimum Gasteiger partial charge on any atom is -0.489 e. The normalized spacial score (nSPS) is 21.6. The maximum atomic E-state index is 17.7. The first-order valence-electron chi connectivity index (χ1n) is 28.0. The number of nitrogens with zero attached hydrogens (tertiary/aromatic N) is 8. The number of thiophene rings is 1. The molecule has 5 aliphatic heterocycles. The van der Waals surface area contributed by atoms with Gasteiger partial charge in [-0.3, -0.25) is 14.5 Å². The highest BCUT2D eigenvalue weighted by atomic mass is 35.5. The molecule has 9 heterocycles. The third-order valence-electron chi connectivity index (χ3n) is 17.8. The number of fused-ring (bicyclic) bond motifs is 8. The van der Waals surface area contributed by atoms with Gasteiger partial charge in [0.2, 0.25) is 0 Å². The molecule has 3 saturated heterocycles. The van der Waals surface area contributed by atoms with Crippen LogP contribution < -0.4 is 31.0 Å². The van der Waals surface area contributed by atoms with E-state index in [2.05, 4.69) is 15.2 Å². The third-order valence-corrected chi connectivity index (χ3v) is 19.1. The lowest BCUT2D eigenvalue weighted by Crippen LogP contribution is -2.54. The van der Waals surface area contributed by atoms with Gasteiger partial charge >= 0.3 is 12.0 Å². The molecular formula is C61H62ClF3N10O7S. The molecule has 432 valence electrons. The number of alkyl halides is 1. The number of nitriles is 1. The number of aromatic nitrogens is 4. The minimum atomic E-state index is -1.95. The number of hydrogen-bond acceptors (Lipinski definition) is 16. The lowest BCUT2D eigenvalue weighted by molar-refractivity contribution is -0.172. The zero-order valence-electron chi connectivity index (χ0n) is 46.9. The Kier molecular flexibility index (Phi) is 14.2. The van der Waals surface area contributed by atoms with Crippen LogP contribution in [0.2, 0.25) is 5.02 Å². The van der Waals surface area contributed by atoms with Crippen molar-refractivity contribution in [2.45, 2.75) is 115 Å². The summed E-state index contributed by atoms with van der Waals surface area (Å²) in [5.74, 6) is -1.70. The molecular weight excluding hydrogens is 1110 g/mol. The fourth-order valence-electron chi connectivity index (χ4n) is 13.0. The second-order valence-electron chi connectivity index (χ2n) is 23.1. The van der Waals surface area contributed by atoms with Crippen molar-refractivity contribution >= 4 is 77.5 Å². The van der Waals surface area contributed by atoms with Crippen LogP contribution in [0.4, 0.5) is 24.0 Å². The average Bonchev–Trinajstić information content (AvgIpc) is 1.98. The highest BCUT2D eigenvalue weighted by Gasteiger charge is 2.50. The van der Waals surface area contributed by atoms with Crippen LogP contribution in [-0.2, 0) is 39.5 Å². The largest absolute Gasteiger partial charge is 0.489 e. The number of anilines is 2. The lowest BCUT2D eigenvalue weighted by atomic mass is 9.86. The van der Waals surface area contributed by atoms with Crippen molar-refractivity contribution < 1.29 is 42.1 Å². The molecule has 0 saturated carbocycles. The predicted molar refractivity (Wildman–Crippen MR) is 312 cm³/mol. The molecule has 7 aromatic rings. The molecule has 0 unspecified atom stereocenters. The first-order valence-corrected chi connectivity index (χ1v) is 29.2. The van der Waals surface area contributed by atoms with Gasteiger partial charge in [0.15, 0.2) is 11.4 Å². The molecule has 3 fully saturated rings. The van der Waals surface area contributed by atoms with Crippen molar-refractivity contribution in [3.63, 3.8) is 0 Å². The van der Waals surface area contributed by atoms with E-state index in [1.165, 1.54) is 12.1 Å². The number of rotatable bonds is 14. The van der Waals surface area contributed by atoms with Gasteiger partial charge in [0.1, 0.15) is 60.0 Å². The lowest BCUT2D eigenvalue weighted by Gasteiger charge is -2.41. The van der Waals surface area contributed by atoms with Crippen molar-refractivity contribution in [1.82, 2.24) is 34.6 Å². The van der Waals surface area contributed by atoms with Crippen LogP contribution in [0.1, 0.15) is 94.5 Å². The van der Waals surface area contributed by atoms with Crippen molar-refractivity contribution in [2.24, 2.45) is 0 Å². The minimum absolute atomic E-state index is 0.000401.